The van der Waals surface area contributed by atoms with E-state index in [0.29, 0.717) is 5.56 Å². The van der Waals surface area contributed by atoms with Gasteiger partial charge in [-0.2, -0.15) is 0 Å². The van der Waals surface area contributed by atoms with Crippen LogP contribution in [0.3, 0.4) is 0 Å². The largest absolute Gasteiger partial charge is 0.480 e. The molecule has 2 N–H and O–H groups in total. The van der Waals surface area contributed by atoms with E-state index in [4.69, 9.17) is 5.11 Å². The molecule has 0 spiro atoms. The minimum atomic E-state index is -1.10. The molecule has 0 heterocycles. The Morgan fingerprint density at radius 1 is 1.43 bits per heavy atom. The van der Waals surface area contributed by atoms with Gasteiger partial charge in [0.1, 0.15) is 6.04 Å². The highest BCUT2D eigenvalue weighted by Crippen LogP contribution is 2.17. The van der Waals surface area contributed by atoms with Crippen LogP contribution in [0, 0.1) is 10.1 Å². The molecule has 21 heavy (non-hydrogen) atoms. The second-order valence-corrected chi connectivity index (χ2v) is 4.42. The summed E-state index contributed by atoms with van der Waals surface area (Å²) in [5.41, 5.74) is 0.262. The molecule has 1 unspecified atom stereocenters. The summed E-state index contributed by atoms with van der Waals surface area (Å²) in [6.45, 7) is 1.61. The van der Waals surface area contributed by atoms with E-state index in [-0.39, 0.29) is 18.7 Å². The van der Waals surface area contributed by atoms with Gasteiger partial charge < -0.3 is 15.3 Å². The molecule has 1 aromatic rings. The maximum Gasteiger partial charge on any atom is 0.326 e. The molecule has 0 aliphatic rings. The Kier molecular flexibility index (Phi) is 5.65. The van der Waals surface area contributed by atoms with Crippen LogP contribution >= 0.6 is 0 Å². The third kappa shape index (κ3) is 4.16. The predicted molar refractivity (Wildman–Crippen MR) is 74.8 cm³/mol. The Balaban J connectivity index is 2.73. The van der Waals surface area contributed by atoms with Gasteiger partial charge in [-0.3, -0.25) is 10.1 Å². The van der Waals surface area contributed by atoms with Crippen molar-refractivity contribution in [2.75, 3.05) is 7.05 Å². The first kappa shape index (κ1) is 16.4. The lowest BCUT2D eigenvalue weighted by atomic mass is 10.2. The molecule has 0 bridgehead atoms. The SMILES string of the molecule is CCC(C(=O)O)N(C)C(=O)NCc1ccccc1[N+](=O)[O-]. The van der Waals surface area contributed by atoms with Gasteiger partial charge in [0.15, 0.2) is 0 Å². The van der Waals surface area contributed by atoms with Crippen molar-refractivity contribution in [1.82, 2.24) is 10.2 Å². The maximum absolute atomic E-state index is 11.9. The lowest BCUT2D eigenvalue weighted by molar-refractivity contribution is -0.385. The van der Waals surface area contributed by atoms with Crippen LogP contribution in [0.25, 0.3) is 0 Å². The van der Waals surface area contributed by atoms with Gasteiger partial charge in [-0.15, -0.1) is 0 Å². The number of benzene rings is 1. The fourth-order valence-corrected chi connectivity index (χ4v) is 1.89. The molecule has 2 amide bonds. The number of urea groups is 1. The number of amides is 2. The molecular weight excluding hydrogens is 278 g/mol. The number of rotatable bonds is 6. The number of nitro groups is 1. The highest BCUT2D eigenvalue weighted by molar-refractivity contribution is 5.82. The zero-order chi connectivity index (χ0) is 16.0. The number of nitrogens with zero attached hydrogens (tertiary/aromatic N) is 2. The van der Waals surface area contributed by atoms with Crippen molar-refractivity contribution < 1.29 is 19.6 Å². The minimum absolute atomic E-state index is 0.0453. The number of carbonyl (C=O) groups is 2. The lowest BCUT2D eigenvalue weighted by Crippen LogP contribution is -2.46. The third-order valence-electron chi connectivity index (χ3n) is 3.08. The van der Waals surface area contributed by atoms with Gasteiger partial charge in [-0.05, 0) is 6.42 Å². The van der Waals surface area contributed by atoms with Crippen molar-refractivity contribution in [3.8, 4) is 0 Å². The summed E-state index contributed by atoms with van der Waals surface area (Å²) in [5.74, 6) is -1.10. The average molecular weight is 295 g/mol. The summed E-state index contributed by atoms with van der Waals surface area (Å²) >= 11 is 0. The number of carboxylic acid groups (broad SMARTS) is 1. The molecule has 0 aliphatic carbocycles. The van der Waals surface area contributed by atoms with Gasteiger partial charge in [0, 0.05) is 18.7 Å². The quantitative estimate of drug-likeness (QED) is 0.611. The first-order valence-corrected chi connectivity index (χ1v) is 6.34. The number of para-hydroxylation sites is 1. The first-order valence-electron chi connectivity index (χ1n) is 6.34. The zero-order valence-electron chi connectivity index (χ0n) is 11.8. The van der Waals surface area contributed by atoms with E-state index < -0.39 is 23.0 Å². The van der Waals surface area contributed by atoms with Crippen LogP contribution in [-0.4, -0.2) is 40.0 Å². The second-order valence-electron chi connectivity index (χ2n) is 4.42. The van der Waals surface area contributed by atoms with E-state index in [2.05, 4.69) is 5.32 Å². The molecule has 0 radical (unpaired) electrons. The van der Waals surface area contributed by atoms with Gasteiger partial charge in [-0.1, -0.05) is 25.1 Å². The number of nitro benzene ring substituents is 1. The fourth-order valence-electron chi connectivity index (χ4n) is 1.89. The molecule has 0 aliphatic heterocycles. The summed E-state index contributed by atoms with van der Waals surface area (Å²) in [7, 11) is 1.37. The number of likely N-dealkylation sites (N-methyl/N-ethyl adjacent to an activating group) is 1. The average Bonchev–Trinajstić information content (AvgIpc) is 2.45. The molecule has 1 aromatic carbocycles. The van der Waals surface area contributed by atoms with Gasteiger partial charge in [0.2, 0.25) is 0 Å². The van der Waals surface area contributed by atoms with Crippen LogP contribution in [0.15, 0.2) is 24.3 Å². The van der Waals surface area contributed by atoms with Crippen LogP contribution in [0.4, 0.5) is 10.5 Å². The van der Waals surface area contributed by atoms with E-state index in [1.54, 1.807) is 13.0 Å². The zero-order valence-corrected chi connectivity index (χ0v) is 11.8. The molecule has 0 saturated heterocycles. The number of carboxylic acids is 1. The standard InChI is InChI=1S/C13H17N3O5/c1-3-10(12(17)18)15(2)13(19)14-8-9-6-4-5-7-11(9)16(20)21/h4-7,10H,3,8H2,1-2H3,(H,14,19)(H,17,18). The van der Waals surface area contributed by atoms with Gasteiger partial charge >= 0.3 is 12.0 Å². The smallest absolute Gasteiger partial charge is 0.326 e. The van der Waals surface area contributed by atoms with Crippen LogP contribution in [-0.2, 0) is 11.3 Å². The summed E-state index contributed by atoms with van der Waals surface area (Å²) < 4.78 is 0. The van der Waals surface area contributed by atoms with Crippen LogP contribution in [0.2, 0.25) is 0 Å². The molecule has 0 fully saturated rings. The number of aliphatic carboxylic acids is 1. The molecule has 1 atom stereocenters. The molecule has 0 aromatic heterocycles. The molecule has 114 valence electrons. The highest BCUT2D eigenvalue weighted by Gasteiger charge is 2.24. The van der Waals surface area contributed by atoms with Crippen molar-refractivity contribution in [1.29, 1.82) is 0 Å². The monoisotopic (exact) mass is 295 g/mol. The summed E-state index contributed by atoms with van der Waals surface area (Å²) in [6, 6.07) is 4.51. The van der Waals surface area contributed by atoms with E-state index in [1.807, 2.05) is 0 Å². The fraction of sp³-hybridized carbons (Fsp3) is 0.385. The number of nitrogens with one attached hydrogen (secondary N) is 1. The third-order valence-corrected chi connectivity index (χ3v) is 3.08. The van der Waals surface area contributed by atoms with Crippen molar-refractivity contribution in [2.45, 2.75) is 25.9 Å². The van der Waals surface area contributed by atoms with E-state index >= 15 is 0 Å². The van der Waals surface area contributed by atoms with Gasteiger partial charge in [0.25, 0.3) is 5.69 Å². The Morgan fingerprint density at radius 3 is 2.57 bits per heavy atom. The molecule has 1 rings (SSSR count). The first-order chi connectivity index (χ1) is 9.88. The molecular formula is C13H17N3O5. The molecule has 0 saturated carbocycles. The Hall–Kier alpha value is -2.64. The Bertz CT molecular complexity index is 546. The van der Waals surface area contributed by atoms with Crippen LogP contribution in [0.1, 0.15) is 18.9 Å². The normalized spacial score (nSPS) is 11.5. The van der Waals surface area contributed by atoms with Crippen molar-refractivity contribution in [2.24, 2.45) is 0 Å². The van der Waals surface area contributed by atoms with Crippen LogP contribution < -0.4 is 5.32 Å². The van der Waals surface area contributed by atoms with E-state index in [9.17, 15) is 19.7 Å². The predicted octanol–water partition coefficient (Wildman–Crippen LogP) is 1.60. The Labute approximate surface area is 121 Å². The van der Waals surface area contributed by atoms with Crippen molar-refractivity contribution >= 4 is 17.7 Å². The van der Waals surface area contributed by atoms with E-state index in [1.165, 1.54) is 25.2 Å². The topological polar surface area (TPSA) is 113 Å². The van der Waals surface area contributed by atoms with Gasteiger partial charge in [0.05, 0.1) is 11.5 Å². The maximum atomic E-state index is 11.9. The van der Waals surface area contributed by atoms with Crippen molar-refractivity contribution in [3.05, 3.63) is 39.9 Å². The minimum Gasteiger partial charge on any atom is -0.480 e. The van der Waals surface area contributed by atoms with Gasteiger partial charge in [-0.25, -0.2) is 9.59 Å². The number of hydrogen-bond acceptors (Lipinski definition) is 4. The van der Waals surface area contributed by atoms with Crippen LogP contribution in [0.5, 0.6) is 0 Å². The lowest BCUT2D eigenvalue weighted by Gasteiger charge is -2.23. The summed E-state index contributed by atoms with van der Waals surface area (Å²) in [6.07, 6.45) is 0.269. The Morgan fingerprint density at radius 2 is 2.05 bits per heavy atom. The summed E-state index contributed by atoms with van der Waals surface area (Å²) in [5, 5.41) is 22.3. The van der Waals surface area contributed by atoms with E-state index in [0.717, 1.165) is 4.90 Å². The highest BCUT2D eigenvalue weighted by atomic mass is 16.6. The molecule has 8 heteroatoms. The summed E-state index contributed by atoms with van der Waals surface area (Å²) in [4.78, 5) is 34.3. The number of carbonyl (C=O) groups excluding carboxylic acids is 1. The second kappa shape index (κ2) is 7.22. The molecule has 8 nitrogen and oxygen atoms in total. The van der Waals surface area contributed by atoms with Crippen molar-refractivity contribution in [3.63, 3.8) is 0 Å². The number of hydrogen-bond donors (Lipinski definition) is 2.